The Balaban J connectivity index is 1.45. The van der Waals surface area contributed by atoms with Crippen molar-refractivity contribution in [2.75, 3.05) is 31.1 Å². The summed E-state index contributed by atoms with van der Waals surface area (Å²) < 4.78 is 28.9. The highest BCUT2D eigenvalue weighted by molar-refractivity contribution is 7.89. The van der Waals surface area contributed by atoms with Gasteiger partial charge in [-0.15, -0.1) is 10.2 Å². The zero-order valence-electron chi connectivity index (χ0n) is 16.2. The molecule has 0 atom stereocenters. The molecule has 0 unspecified atom stereocenters. The Morgan fingerprint density at radius 1 is 0.931 bits per heavy atom. The Labute approximate surface area is 174 Å². The zero-order chi connectivity index (χ0) is 20.6. The number of nitrogens with zero attached hydrogens (tertiary/aromatic N) is 6. The van der Waals surface area contributed by atoms with Crippen molar-refractivity contribution in [3.05, 3.63) is 58.9 Å². The van der Waals surface area contributed by atoms with Gasteiger partial charge in [0.25, 0.3) is 0 Å². The second-order valence-corrected chi connectivity index (χ2v) is 9.31. The van der Waals surface area contributed by atoms with Crippen LogP contribution in [0.25, 0.3) is 5.82 Å². The van der Waals surface area contributed by atoms with Crippen molar-refractivity contribution < 1.29 is 8.42 Å². The normalized spacial score (nSPS) is 15.6. The molecule has 0 spiro atoms. The van der Waals surface area contributed by atoms with Gasteiger partial charge >= 0.3 is 0 Å². The Morgan fingerprint density at radius 3 is 2.21 bits per heavy atom. The second-order valence-electron chi connectivity index (χ2n) is 6.94. The lowest BCUT2D eigenvalue weighted by Gasteiger charge is -2.34. The SMILES string of the molecule is Cc1cc(C)n(-c2ccc(N3CCN(S(=O)(=O)c4cccc(Cl)c4)CC3)nn2)n1. The Kier molecular flexibility index (Phi) is 5.28. The molecule has 1 aliphatic rings. The molecule has 3 heterocycles. The zero-order valence-corrected chi connectivity index (χ0v) is 17.7. The van der Waals surface area contributed by atoms with Crippen LogP contribution < -0.4 is 4.90 Å². The highest BCUT2D eigenvalue weighted by Crippen LogP contribution is 2.22. The molecule has 0 aliphatic carbocycles. The molecule has 29 heavy (non-hydrogen) atoms. The maximum atomic E-state index is 12.8. The lowest BCUT2D eigenvalue weighted by atomic mass is 10.3. The molecule has 1 aromatic carbocycles. The van der Waals surface area contributed by atoms with E-state index in [1.54, 1.807) is 22.9 Å². The van der Waals surface area contributed by atoms with E-state index in [2.05, 4.69) is 15.3 Å². The third-order valence-corrected chi connectivity index (χ3v) is 6.99. The molecule has 1 aliphatic heterocycles. The van der Waals surface area contributed by atoms with Crippen LogP contribution in [-0.2, 0) is 10.0 Å². The highest BCUT2D eigenvalue weighted by atomic mass is 35.5. The van der Waals surface area contributed by atoms with Gasteiger partial charge in [0.2, 0.25) is 10.0 Å². The Hall–Kier alpha value is -2.49. The first-order valence-corrected chi connectivity index (χ1v) is 11.0. The predicted octanol–water partition coefficient (Wildman–Crippen LogP) is 2.44. The molecule has 0 N–H and O–H groups in total. The van der Waals surface area contributed by atoms with E-state index < -0.39 is 10.0 Å². The summed E-state index contributed by atoms with van der Waals surface area (Å²) in [5.74, 6) is 1.37. The molecule has 0 bridgehead atoms. The fourth-order valence-electron chi connectivity index (χ4n) is 3.39. The summed E-state index contributed by atoms with van der Waals surface area (Å²) in [7, 11) is -3.56. The van der Waals surface area contributed by atoms with Crippen LogP contribution in [0.1, 0.15) is 11.4 Å². The standard InChI is InChI=1S/C19H21ClN6O2S/c1-14-12-15(2)26(23-14)19-7-6-18(21-22-19)24-8-10-25(11-9-24)29(27,28)17-5-3-4-16(20)13-17/h3-7,12-13H,8-11H2,1-2H3. The molecule has 4 rings (SSSR count). The van der Waals surface area contributed by atoms with E-state index in [1.165, 1.54) is 10.4 Å². The number of hydrogen-bond acceptors (Lipinski definition) is 6. The van der Waals surface area contributed by atoms with Crippen LogP contribution in [0.5, 0.6) is 0 Å². The minimum atomic E-state index is -3.56. The molecule has 0 saturated carbocycles. The van der Waals surface area contributed by atoms with Gasteiger partial charge < -0.3 is 4.90 Å². The maximum absolute atomic E-state index is 12.8. The molecule has 0 amide bonds. The first-order chi connectivity index (χ1) is 13.8. The fraction of sp³-hybridized carbons (Fsp3) is 0.316. The molecule has 0 radical (unpaired) electrons. The Morgan fingerprint density at radius 2 is 1.62 bits per heavy atom. The van der Waals surface area contributed by atoms with Crippen molar-refractivity contribution in [3.63, 3.8) is 0 Å². The van der Waals surface area contributed by atoms with Crippen LogP contribution in [0.2, 0.25) is 5.02 Å². The number of aromatic nitrogens is 4. The first-order valence-electron chi connectivity index (χ1n) is 9.22. The van der Waals surface area contributed by atoms with Crippen LogP contribution in [0.3, 0.4) is 0 Å². The topological polar surface area (TPSA) is 84.2 Å². The van der Waals surface area contributed by atoms with Gasteiger partial charge in [0.05, 0.1) is 10.6 Å². The number of benzene rings is 1. The number of rotatable bonds is 4. The number of aryl methyl sites for hydroxylation is 2. The summed E-state index contributed by atoms with van der Waals surface area (Å²) in [5, 5.41) is 13.4. The van der Waals surface area contributed by atoms with Crippen molar-refractivity contribution in [1.29, 1.82) is 0 Å². The lowest BCUT2D eigenvalue weighted by Crippen LogP contribution is -2.49. The van der Waals surface area contributed by atoms with Crippen molar-refractivity contribution in [3.8, 4) is 5.82 Å². The van der Waals surface area contributed by atoms with Crippen LogP contribution in [0.4, 0.5) is 5.82 Å². The number of sulfonamides is 1. The summed E-state index contributed by atoms with van der Waals surface area (Å²) in [6.45, 7) is 5.71. The number of anilines is 1. The smallest absolute Gasteiger partial charge is 0.243 e. The number of piperazine rings is 1. The van der Waals surface area contributed by atoms with Gasteiger partial charge in [0.15, 0.2) is 11.6 Å². The molecule has 3 aromatic rings. The van der Waals surface area contributed by atoms with Crippen molar-refractivity contribution in [2.45, 2.75) is 18.7 Å². The van der Waals surface area contributed by atoms with E-state index in [0.29, 0.717) is 37.0 Å². The van der Waals surface area contributed by atoms with Gasteiger partial charge in [-0.2, -0.15) is 9.40 Å². The predicted molar refractivity (Wildman–Crippen MR) is 111 cm³/mol. The molecule has 152 valence electrons. The molecule has 1 fully saturated rings. The molecule has 1 saturated heterocycles. The van der Waals surface area contributed by atoms with Crippen LogP contribution in [0.15, 0.2) is 47.4 Å². The van der Waals surface area contributed by atoms with E-state index in [-0.39, 0.29) is 4.90 Å². The summed E-state index contributed by atoms with van der Waals surface area (Å²) in [6.07, 6.45) is 0. The third kappa shape index (κ3) is 3.98. The summed E-state index contributed by atoms with van der Waals surface area (Å²) >= 11 is 5.95. The molecular weight excluding hydrogens is 412 g/mol. The number of hydrogen-bond donors (Lipinski definition) is 0. The minimum Gasteiger partial charge on any atom is -0.352 e. The van der Waals surface area contributed by atoms with E-state index in [4.69, 9.17) is 11.6 Å². The fourth-order valence-corrected chi connectivity index (χ4v) is 5.12. The molecule has 2 aromatic heterocycles. The van der Waals surface area contributed by atoms with E-state index in [9.17, 15) is 8.42 Å². The van der Waals surface area contributed by atoms with Crippen LogP contribution in [-0.4, -0.2) is 58.9 Å². The lowest BCUT2D eigenvalue weighted by molar-refractivity contribution is 0.383. The monoisotopic (exact) mass is 432 g/mol. The van der Waals surface area contributed by atoms with Gasteiger partial charge in [-0.25, -0.2) is 13.1 Å². The average molecular weight is 433 g/mol. The van der Waals surface area contributed by atoms with Gasteiger partial charge in [-0.1, -0.05) is 17.7 Å². The summed E-state index contributed by atoms with van der Waals surface area (Å²) in [5.41, 5.74) is 1.91. The van der Waals surface area contributed by atoms with E-state index in [1.807, 2.05) is 36.9 Å². The molecule has 10 heteroatoms. The van der Waals surface area contributed by atoms with Gasteiger partial charge in [-0.05, 0) is 50.2 Å². The van der Waals surface area contributed by atoms with Crippen molar-refractivity contribution >= 4 is 27.4 Å². The molecule has 8 nitrogen and oxygen atoms in total. The van der Waals surface area contributed by atoms with Crippen LogP contribution in [0, 0.1) is 13.8 Å². The first kappa shape index (κ1) is 19.8. The Bertz CT molecular complexity index is 1120. The maximum Gasteiger partial charge on any atom is 0.243 e. The quantitative estimate of drug-likeness (QED) is 0.629. The largest absolute Gasteiger partial charge is 0.352 e. The van der Waals surface area contributed by atoms with Crippen molar-refractivity contribution in [1.82, 2.24) is 24.3 Å². The molecular formula is C19H21ClN6O2S. The average Bonchev–Trinajstić information content (AvgIpc) is 3.06. The summed E-state index contributed by atoms with van der Waals surface area (Å²) in [6, 6.07) is 12.1. The van der Waals surface area contributed by atoms with Crippen LogP contribution >= 0.6 is 11.6 Å². The van der Waals surface area contributed by atoms with Gasteiger partial charge in [0, 0.05) is 36.9 Å². The number of halogens is 1. The van der Waals surface area contributed by atoms with Crippen molar-refractivity contribution in [2.24, 2.45) is 0 Å². The second kappa shape index (κ2) is 7.74. The van der Waals surface area contributed by atoms with E-state index in [0.717, 1.165) is 17.2 Å². The summed E-state index contributed by atoms with van der Waals surface area (Å²) in [4.78, 5) is 2.24. The highest BCUT2D eigenvalue weighted by Gasteiger charge is 2.29. The minimum absolute atomic E-state index is 0.215. The third-order valence-electron chi connectivity index (χ3n) is 4.86. The van der Waals surface area contributed by atoms with E-state index >= 15 is 0 Å². The van der Waals surface area contributed by atoms with Gasteiger partial charge in [-0.3, -0.25) is 0 Å². The van der Waals surface area contributed by atoms with Gasteiger partial charge in [0.1, 0.15) is 0 Å².